The van der Waals surface area contributed by atoms with Crippen LogP contribution in [0, 0.1) is 0 Å². The third kappa shape index (κ3) is 6.49. The van der Waals surface area contributed by atoms with Crippen molar-refractivity contribution in [3.63, 3.8) is 0 Å². The summed E-state index contributed by atoms with van der Waals surface area (Å²) < 4.78 is 25.1. The van der Waals surface area contributed by atoms with E-state index in [-0.39, 0.29) is 5.91 Å². The Kier molecular flexibility index (Phi) is 7.05. The van der Waals surface area contributed by atoms with Crippen molar-refractivity contribution < 1.29 is 13.2 Å². The first-order valence-corrected chi connectivity index (χ1v) is 10.4. The monoisotopic (exact) mass is 353 g/mol. The van der Waals surface area contributed by atoms with E-state index >= 15 is 0 Å². The maximum atomic E-state index is 12.3. The lowest BCUT2D eigenvalue weighted by molar-refractivity contribution is 0.0954. The molecule has 134 valence electrons. The van der Waals surface area contributed by atoms with Crippen LogP contribution >= 0.6 is 0 Å². The summed E-state index contributed by atoms with van der Waals surface area (Å²) in [4.78, 5) is 12.3. The molecule has 1 saturated carbocycles. The number of para-hydroxylation sites is 1. The van der Waals surface area contributed by atoms with Crippen molar-refractivity contribution in [1.82, 2.24) is 10.6 Å². The van der Waals surface area contributed by atoms with E-state index in [1.54, 1.807) is 24.3 Å². The Morgan fingerprint density at radius 1 is 1.08 bits per heavy atom. The van der Waals surface area contributed by atoms with E-state index in [1.165, 1.54) is 38.5 Å². The van der Waals surface area contributed by atoms with Crippen LogP contribution in [0.5, 0.6) is 0 Å². The molecule has 1 amide bonds. The molecule has 0 atom stereocenters. The van der Waals surface area contributed by atoms with E-state index in [2.05, 4.69) is 15.4 Å². The highest BCUT2D eigenvalue weighted by atomic mass is 32.2. The SMILES string of the molecule is CS(=O)(=O)Nc1ccccc1C(=O)NCCNC1CCCCCC1. The predicted octanol–water partition coefficient (Wildman–Crippen LogP) is 2.10. The molecule has 0 aromatic heterocycles. The number of carbonyl (C=O) groups is 1. The maximum Gasteiger partial charge on any atom is 0.253 e. The molecule has 2 rings (SSSR count). The van der Waals surface area contributed by atoms with Crippen molar-refractivity contribution in [2.24, 2.45) is 0 Å². The van der Waals surface area contributed by atoms with E-state index in [0.29, 0.717) is 23.8 Å². The molecule has 1 aromatic carbocycles. The van der Waals surface area contributed by atoms with Crippen LogP contribution in [-0.4, -0.2) is 39.7 Å². The number of anilines is 1. The van der Waals surface area contributed by atoms with Gasteiger partial charge in [0, 0.05) is 19.1 Å². The Labute approximate surface area is 144 Å². The number of carbonyl (C=O) groups excluding carboxylic acids is 1. The second kappa shape index (κ2) is 9.03. The van der Waals surface area contributed by atoms with Gasteiger partial charge in [-0.05, 0) is 25.0 Å². The second-order valence-corrected chi connectivity index (χ2v) is 8.07. The van der Waals surface area contributed by atoms with Gasteiger partial charge >= 0.3 is 0 Å². The lowest BCUT2D eigenvalue weighted by Gasteiger charge is -2.16. The van der Waals surface area contributed by atoms with Crippen LogP contribution in [0.15, 0.2) is 24.3 Å². The zero-order valence-corrected chi connectivity index (χ0v) is 15.0. The summed E-state index contributed by atoms with van der Waals surface area (Å²) in [5, 5.41) is 6.34. The van der Waals surface area contributed by atoms with Crippen molar-refractivity contribution in [2.45, 2.75) is 44.6 Å². The maximum absolute atomic E-state index is 12.3. The first kappa shape index (κ1) is 18.7. The van der Waals surface area contributed by atoms with E-state index in [0.717, 1.165) is 12.8 Å². The third-order valence-corrected chi connectivity index (χ3v) is 4.76. The number of hydrogen-bond acceptors (Lipinski definition) is 4. The average Bonchev–Trinajstić information content (AvgIpc) is 2.79. The molecule has 0 spiro atoms. The minimum absolute atomic E-state index is 0.274. The standard InChI is InChI=1S/C17H27N3O3S/c1-24(22,23)20-16-11-7-6-10-15(16)17(21)19-13-12-18-14-8-4-2-3-5-9-14/h6-7,10-11,14,18,20H,2-5,8-9,12-13H2,1H3,(H,19,21). The van der Waals surface area contributed by atoms with Gasteiger partial charge in [0.05, 0.1) is 17.5 Å². The van der Waals surface area contributed by atoms with Crippen LogP contribution in [0.3, 0.4) is 0 Å². The molecule has 7 heteroatoms. The molecule has 0 radical (unpaired) electrons. The third-order valence-electron chi connectivity index (χ3n) is 4.17. The van der Waals surface area contributed by atoms with Crippen LogP contribution in [0.25, 0.3) is 0 Å². The molecule has 24 heavy (non-hydrogen) atoms. The fourth-order valence-electron chi connectivity index (χ4n) is 3.00. The van der Waals surface area contributed by atoms with Gasteiger partial charge in [0.25, 0.3) is 5.91 Å². The number of benzene rings is 1. The summed E-state index contributed by atoms with van der Waals surface area (Å²) in [5.41, 5.74) is 0.631. The lowest BCUT2D eigenvalue weighted by atomic mass is 10.1. The van der Waals surface area contributed by atoms with Gasteiger partial charge in [0.15, 0.2) is 0 Å². The Hall–Kier alpha value is -1.60. The van der Waals surface area contributed by atoms with Gasteiger partial charge in [-0.3, -0.25) is 9.52 Å². The molecule has 0 saturated heterocycles. The largest absolute Gasteiger partial charge is 0.351 e. The van der Waals surface area contributed by atoms with Crippen LogP contribution in [-0.2, 0) is 10.0 Å². The fraction of sp³-hybridized carbons (Fsp3) is 0.588. The highest BCUT2D eigenvalue weighted by Crippen LogP contribution is 2.17. The Morgan fingerprint density at radius 3 is 2.42 bits per heavy atom. The molecule has 6 nitrogen and oxygen atoms in total. The Bertz CT molecular complexity index is 638. The van der Waals surface area contributed by atoms with Gasteiger partial charge in [-0.25, -0.2) is 8.42 Å². The summed E-state index contributed by atoms with van der Waals surface area (Å²) in [5.74, 6) is -0.274. The molecule has 3 N–H and O–H groups in total. The molecule has 0 heterocycles. The van der Waals surface area contributed by atoms with E-state index in [9.17, 15) is 13.2 Å². The minimum atomic E-state index is -3.42. The van der Waals surface area contributed by atoms with Gasteiger partial charge in [-0.2, -0.15) is 0 Å². The first-order valence-electron chi connectivity index (χ1n) is 8.54. The lowest BCUT2D eigenvalue weighted by Crippen LogP contribution is -2.37. The van der Waals surface area contributed by atoms with E-state index in [1.807, 2.05) is 0 Å². The van der Waals surface area contributed by atoms with E-state index < -0.39 is 10.0 Å². The zero-order chi connectivity index (χ0) is 17.4. The number of nitrogens with one attached hydrogen (secondary N) is 3. The number of sulfonamides is 1. The zero-order valence-electron chi connectivity index (χ0n) is 14.2. The van der Waals surface area contributed by atoms with Crippen molar-refractivity contribution in [3.8, 4) is 0 Å². The molecule has 0 aliphatic heterocycles. The Morgan fingerprint density at radius 2 is 1.75 bits per heavy atom. The van der Waals surface area contributed by atoms with Crippen LogP contribution in [0.4, 0.5) is 5.69 Å². The van der Waals surface area contributed by atoms with Gasteiger partial charge < -0.3 is 10.6 Å². The highest BCUT2D eigenvalue weighted by Gasteiger charge is 2.14. The fourth-order valence-corrected chi connectivity index (χ4v) is 3.58. The normalized spacial score (nSPS) is 16.4. The first-order chi connectivity index (χ1) is 11.5. The molecule has 1 fully saturated rings. The summed E-state index contributed by atoms with van der Waals surface area (Å²) >= 11 is 0. The molecule has 0 unspecified atom stereocenters. The average molecular weight is 353 g/mol. The van der Waals surface area contributed by atoms with Gasteiger partial charge in [0.1, 0.15) is 0 Å². The number of rotatable bonds is 7. The van der Waals surface area contributed by atoms with Crippen molar-refractivity contribution >= 4 is 21.6 Å². The topological polar surface area (TPSA) is 87.3 Å². The van der Waals surface area contributed by atoms with Crippen LogP contribution < -0.4 is 15.4 Å². The smallest absolute Gasteiger partial charge is 0.253 e. The minimum Gasteiger partial charge on any atom is -0.351 e. The molecular weight excluding hydrogens is 326 g/mol. The summed E-state index contributed by atoms with van der Waals surface area (Å²) in [6.07, 6.45) is 8.66. The van der Waals surface area contributed by atoms with Crippen molar-refractivity contribution in [1.29, 1.82) is 0 Å². The number of amides is 1. The summed E-state index contributed by atoms with van der Waals surface area (Å²) in [6.45, 7) is 1.24. The summed E-state index contributed by atoms with van der Waals surface area (Å²) in [6, 6.07) is 7.15. The van der Waals surface area contributed by atoms with Gasteiger partial charge in [-0.1, -0.05) is 37.8 Å². The highest BCUT2D eigenvalue weighted by molar-refractivity contribution is 7.92. The number of hydrogen-bond donors (Lipinski definition) is 3. The molecule has 1 aliphatic carbocycles. The molecule has 0 bridgehead atoms. The van der Waals surface area contributed by atoms with E-state index in [4.69, 9.17) is 0 Å². The quantitative estimate of drug-likeness (QED) is 0.517. The van der Waals surface area contributed by atoms with Gasteiger partial charge in [0.2, 0.25) is 10.0 Å². The Balaban J connectivity index is 1.82. The molecular formula is C17H27N3O3S. The second-order valence-electron chi connectivity index (χ2n) is 6.32. The molecule has 1 aromatic rings. The summed E-state index contributed by atoms with van der Waals surface area (Å²) in [7, 11) is -3.42. The van der Waals surface area contributed by atoms with Crippen LogP contribution in [0.1, 0.15) is 48.9 Å². The van der Waals surface area contributed by atoms with Gasteiger partial charge in [-0.15, -0.1) is 0 Å². The van der Waals surface area contributed by atoms with Crippen molar-refractivity contribution in [2.75, 3.05) is 24.1 Å². The van der Waals surface area contributed by atoms with Crippen LogP contribution in [0.2, 0.25) is 0 Å². The predicted molar refractivity (Wildman–Crippen MR) is 96.7 cm³/mol. The van der Waals surface area contributed by atoms with Crippen molar-refractivity contribution in [3.05, 3.63) is 29.8 Å². The molecule has 1 aliphatic rings.